The SMILES string of the molecule is O=C1OCC(O)[C@@H](O)C1(O)O. The van der Waals surface area contributed by atoms with Crippen LogP contribution in [0.1, 0.15) is 0 Å². The monoisotopic (exact) mass is 164 g/mol. The van der Waals surface area contributed by atoms with E-state index in [9.17, 15) is 4.79 Å². The van der Waals surface area contributed by atoms with Crippen molar-refractivity contribution in [2.75, 3.05) is 6.61 Å². The van der Waals surface area contributed by atoms with E-state index in [1.54, 1.807) is 0 Å². The molecule has 1 fully saturated rings. The van der Waals surface area contributed by atoms with Gasteiger partial charge in [-0.2, -0.15) is 0 Å². The van der Waals surface area contributed by atoms with Crippen LogP contribution in [0.3, 0.4) is 0 Å². The molecule has 1 heterocycles. The van der Waals surface area contributed by atoms with E-state index >= 15 is 0 Å². The van der Waals surface area contributed by atoms with Crippen LogP contribution in [0.25, 0.3) is 0 Å². The molecule has 1 aliphatic rings. The van der Waals surface area contributed by atoms with E-state index in [4.69, 9.17) is 20.4 Å². The highest BCUT2D eigenvalue weighted by Gasteiger charge is 2.50. The summed E-state index contributed by atoms with van der Waals surface area (Å²) >= 11 is 0. The van der Waals surface area contributed by atoms with Crippen molar-refractivity contribution in [2.45, 2.75) is 18.0 Å². The number of carbonyl (C=O) groups is 1. The van der Waals surface area contributed by atoms with Crippen molar-refractivity contribution in [1.82, 2.24) is 0 Å². The molecule has 1 unspecified atom stereocenters. The second kappa shape index (κ2) is 2.42. The maximum atomic E-state index is 10.5. The molecule has 0 saturated carbocycles. The van der Waals surface area contributed by atoms with Crippen molar-refractivity contribution in [2.24, 2.45) is 0 Å². The predicted molar refractivity (Wildman–Crippen MR) is 30.1 cm³/mol. The number of hydrogen-bond donors (Lipinski definition) is 4. The Hall–Kier alpha value is -0.690. The number of rotatable bonds is 0. The van der Waals surface area contributed by atoms with Gasteiger partial charge in [0.1, 0.15) is 18.8 Å². The first-order chi connectivity index (χ1) is 4.96. The lowest BCUT2D eigenvalue weighted by Crippen LogP contribution is -2.60. The largest absolute Gasteiger partial charge is 0.459 e. The summed E-state index contributed by atoms with van der Waals surface area (Å²) in [4.78, 5) is 10.5. The lowest BCUT2D eigenvalue weighted by molar-refractivity contribution is -0.276. The van der Waals surface area contributed by atoms with Crippen LogP contribution in [0.2, 0.25) is 0 Å². The molecule has 64 valence electrons. The molecule has 0 aliphatic carbocycles. The number of hydrogen-bond acceptors (Lipinski definition) is 6. The van der Waals surface area contributed by atoms with Gasteiger partial charge in [0.15, 0.2) is 0 Å². The number of cyclic esters (lactones) is 1. The highest BCUT2D eigenvalue weighted by molar-refractivity contribution is 5.78. The van der Waals surface area contributed by atoms with Gasteiger partial charge in [-0.15, -0.1) is 0 Å². The predicted octanol–water partition coefficient (Wildman–Crippen LogP) is -3.05. The van der Waals surface area contributed by atoms with Crippen LogP contribution in [0, 0.1) is 0 Å². The average Bonchev–Trinajstić information content (AvgIpc) is 1.95. The number of aliphatic hydroxyl groups is 4. The van der Waals surface area contributed by atoms with Gasteiger partial charge in [0.25, 0.3) is 5.79 Å². The molecular formula is C5H8O6. The summed E-state index contributed by atoms with van der Waals surface area (Å²) in [6, 6.07) is 0. The summed E-state index contributed by atoms with van der Waals surface area (Å²) in [6.07, 6.45) is -3.37. The zero-order valence-electron chi connectivity index (χ0n) is 5.47. The number of aliphatic hydroxyl groups excluding tert-OH is 2. The number of carbonyl (C=O) groups excluding carboxylic acids is 1. The van der Waals surface area contributed by atoms with Crippen molar-refractivity contribution in [1.29, 1.82) is 0 Å². The second-order valence-corrected chi connectivity index (χ2v) is 2.34. The van der Waals surface area contributed by atoms with Gasteiger partial charge >= 0.3 is 5.97 Å². The zero-order chi connectivity index (χ0) is 8.65. The van der Waals surface area contributed by atoms with Gasteiger partial charge in [-0.3, -0.25) is 0 Å². The Morgan fingerprint density at radius 2 is 2.00 bits per heavy atom. The Morgan fingerprint density at radius 3 is 2.45 bits per heavy atom. The summed E-state index contributed by atoms with van der Waals surface area (Å²) < 4.78 is 4.13. The molecule has 6 nitrogen and oxygen atoms in total. The Bertz CT molecular complexity index is 176. The minimum atomic E-state index is -2.99. The first-order valence-corrected chi connectivity index (χ1v) is 2.94. The standard InChI is InChI=1S/C5H8O6/c6-2-1-11-4(8)5(9,10)3(2)7/h2-3,6-7,9-10H,1H2/t2?,3-/m1/s1. The Kier molecular flexibility index (Phi) is 1.85. The molecule has 4 N–H and O–H groups in total. The van der Waals surface area contributed by atoms with Gasteiger partial charge in [-0.05, 0) is 0 Å². The smallest absolute Gasteiger partial charge is 0.369 e. The summed E-state index contributed by atoms with van der Waals surface area (Å²) in [6.45, 7) is -0.428. The summed E-state index contributed by atoms with van der Waals surface area (Å²) in [5.41, 5.74) is 0. The van der Waals surface area contributed by atoms with Gasteiger partial charge < -0.3 is 25.2 Å². The molecule has 1 rings (SSSR count). The third-order valence-electron chi connectivity index (χ3n) is 1.46. The lowest BCUT2D eigenvalue weighted by atomic mass is 10.0. The average molecular weight is 164 g/mol. The lowest BCUT2D eigenvalue weighted by Gasteiger charge is -2.32. The Balaban J connectivity index is 2.80. The third kappa shape index (κ3) is 1.21. The molecule has 1 aliphatic heterocycles. The number of ether oxygens (including phenoxy) is 1. The fourth-order valence-corrected chi connectivity index (χ4v) is 0.747. The molecule has 0 radical (unpaired) electrons. The Labute approximate surface area is 61.6 Å². The number of esters is 1. The molecule has 0 aromatic rings. The van der Waals surface area contributed by atoms with Gasteiger partial charge in [-0.25, -0.2) is 4.79 Å². The van der Waals surface area contributed by atoms with E-state index < -0.39 is 30.6 Å². The molecular weight excluding hydrogens is 156 g/mol. The van der Waals surface area contributed by atoms with E-state index in [0.717, 1.165) is 0 Å². The van der Waals surface area contributed by atoms with E-state index in [0.29, 0.717) is 0 Å². The van der Waals surface area contributed by atoms with Crippen LogP contribution < -0.4 is 0 Å². The van der Waals surface area contributed by atoms with Gasteiger partial charge in [-0.1, -0.05) is 0 Å². The van der Waals surface area contributed by atoms with Crippen molar-refractivity contribution in [3.05, 3.63) is 0 Å². The molecule has 2 atom stereocenters. The normalized spacial score (nSPS) is 36.5. The van der Waals surface area contributed by atoms with Crippen molar-refractivity contribution in [3.63, 3.8) is 0 Å². The highest BCUT2D eigenvalue weighted by Crippen LogP contribution is 2.18. The zero-order valence-corrected chi connectivity index (χ0v) is 5.47. The molecule has 6 heteroatoms. The second-order valence-electron chi connectivity index (χ2n) is 2.34. The molecule has 0 bridgehead atoms. The van der Waals surface area contributed by atoms with Gasteiger partial charge in [0.05, 0.1) is 0 Å². The minimum absolute atomic E-state index is 0.428. The Morgan fingerprint density at radius 1 is 1.45 bits per heavy atom. The summed E-state index contributed by atoms with van der Waals surface area (Å²) in [7, 11) is 0. The van der Waals surface area contributed by atoms with Crippen molar-refractivity contribution < 1.29 is 30.0 Å². The van der Waals surface area contributed by atoms with E-state index in [1.807, 2.05) is 0 Å². The quantitative estimate of drug-likeness (QED) is 0.224. The molecule has 0 spiro atoms. The molecule has 0 amide bonds. The van der Waals surface area contributed by atoms with Crippen LogP contribution in [-0.4, -0.2) is 51.0 Å². The summed E-state index contributed by atoms with van der Waals surface area (Å²) in [5.74, 6) is -4.34. The van der Waals surface area contributed by atoms with Crippen LogP contribution in [0.5, 0.6) is 0 Å². The van der Waals surface area contributed by atoms with E-state index in [1.165, 1.54) is 0 Å². The fourth-order valence-electron chi connectivity index (χ4n) is 0.747. The topological polar surface area (TPSA) is 107 Å². The van der Waals surface area contributed by atoms with Crippen LogP contribution >= 0.6 is 0 Å². The van der Waals surface area contributed by atoms with Gasteiger partial charge in [0, 0.05) is 0 Å². The van der Waals surface area contributed by atoms with Crippen LogP contribution in [0.4, 0.5) is 0 Å². The highest BCUT2D eigenvalue weighted by atomic mass is 16.6. The molecule has 1 saturated heterocycles. The molecule has 0 aromatic heterocycles. The van der Waals surface area contributed by atoms with Crippen LogP contribution in [0.15, 0.2) is 0 Å². The van der Waals surface area contributed by atoms with Crippen molar-refractivity contribution in [3.8, 4) is 0 Å². The maximum absolute atomic E-state index is 10.5. The van der Waals surface area contributed by atoms with E-state index in [2.05, 4.69) is 4.74 Å². The minimum Gasteiger partial charge on any atom is -0.459 e. The molecule has 11 heavy (non-hydrogen) atoms. The third-order valence-corrected chi connectivity index (χ3v) is 1.46. The summed E-state index contributed by atoms with van der Waals surface area (Å²) in [5, 5.41) is 35.1. The van der Waals surface area contributed by atoms with Crippen molar-refractivity contribution >= 4 is 5.97 Å². The van der Waals surface area contributed by atoms with Crippen LogP contribution in [-0.2, 0) is 9.53 Å². The first kappa shape index (κ1) is 8.41. The van der Waals surface area contributed by atoms with E-state index in [-0.39, 0.29) is 0 Å². The fraction of sp³-hybridized carbons (Fsp3) is 0.800. The first-order valence-electron chi connectivity index (χ1n) is 2.94. The maximum Gasteiger partial charge on any atom is 0.369 e. The van der Waals surface area contributed by atoms with Gasteiger partial charge in [0.2, 0.25) is 0 Å². The molecule has 0 aromatic carbocycles.